The molecule has 0 atom stereocenters. The molecule has 7 heteroatoms. The molecular formula is C20H27N5OS. The summed E-state index contributed by atoms with van der Waals surface area (Å²) in [6.07, 6.45) is 8.40. The van der Waals surface area contributed by atoms with E-state index in [0.29, 0.717) is 11.1 Å². The van der Waals surface area contributed by atoms with E-state index in [9.17, 15) is 4.79 Å². The van der Waals surface area contributed by atoms with Gasteiger partial charge in [0.15, 0.2) is 5.69 Å². The lowest BCUT2D eigenvalue weighted by atomic mass is 9.60. The van der Waals surface area contributed by atoms with Crippen LogP contribution < -0.4 is 5.32 Å². The van der Waals surface area contributed by atoms with E-state index in [1.54, 1.807) is 0 Å². The van der Waals surface area contributed by atoms with Crippen LogP contribution in [-0.4, -0.2) is 44.5 Å². The van der Waals surface area contributed by atoms with Crippen LogP contribution in [0, 0.1) is 5.41 Å². The number of amides is 1. The summed E-state index contributed by atoms with van der Waals surface area (Å²) in [5.41, 5.74) is 2.22. The van der Waals surface area contributed by atoms with E-state index >= 15 is 0 Å². The van der Waals surface area contributed by atoms with Crippen molar-refractivity contribution >= 4 is 17.4 Å². The minimum Gasteiger partial charge on any atom is -0.348 e. The van der Waals surface area contributed by atoms with E-state index in [1.165, 1.54) is 29.9 Å². The average molecular weight is 386 g/mol. The molecule has 1 spiro atoms. The topological polar surface area (TPSA) is 71.0 Å². The van der Waals surface area contributed by atoms with Gasteiger partial charge < -0.3 is 5.32 Å². The number of carbonyl (C=O) groups excluding carboxylic acids is 1. The molecule has 1 saturated heterocycles. The molecule has 2 aromatic heterocycles. The predicted octanol–water partition coefficient (Wildman–Crippen LogP) is 3.23. The van der Waals surface area contributed by atoms with E-state index in [-0.39, 0.29) is 17.9 Å². The Morgan fingerprint density at radius 3 is 2.81 bits per heavy atom. The maximum Gasteiger partial charge on any atom is 0.273 e. The quantitative estimate of drug-likeness (QED) is 0.856. The molecule has 6 nitrogen and oxygen atoms in total. The van der Waals surface area contributed by atoms with Gasteiger partial charge in [-0.15, -0.1) is 5.10 Å². The van der Waals surface area contributed by atoms with Gasteiger partial charge in [-0.3, -0.25) is 14.7 Å². The van der Waals surface area contributed by atoms with Crippen molar-refractivity contribution in [3.63, 3.8) is 0 Å². The molecule has 1 N–H and O–H groups in total. The zero-order valence-electron chi connectivity index (χ0n) is 16.0. The van der Waals surface area contributed by atoms with E-state index in [4.69, 9.17) is 0 Å². The number of nitrogens with one attached hydrogen (secondary N) is 1. The van der Waals surface area contributed by atoms with Gasteiger partial charge >= 0.3 is 0 Å². The molecule has 2 aromatic rings. The summed E-state index contributed by atoms with van der Waals surface area (Å²) in [5, 5.41) is 7.23. The monoisotopic (exact) mass is 385 g/mol. The lowest BCUT2D eigenvalue weighted by Gasteiger charge is -2.52. The lowest BCUT2D eigenvalue weighted by molar-refractivity contribution is 0.00457. The lowest BCUT2D eigenvalue weighted by Crippen LogP contribution is -2.54. The molecule has 0 bridgehead atoms. The molecule has 3 heterocycles. The van der Waals surface area contributed by atoms with Crippen LogP contribution in [0.4, 0.5) is 0 Å². The second-order valence-corrected chi connectivity index (χ2v) is 9.14. The summed E-state index contributed by atoms with van der Waals surface area (Å²) in [4.78, 5) is 20.2. The van der Waals surface area contributed by atoms with Crippen LogP contribution in [0.15, 0.2) is 24.5 Å². The maximum absolute atomic E-state index is 12.5. The fourth-order valence-electron chi connectivity index (χ4n) is 4.42. The van der Waals surface area contributed by atoms with Crippen molar-refractivity contribution in [2.75, 3.05) is 13.1 Å². The molecule has 0 radical (unpaired) electrons. The Bertz CT molecular complexity index is 775. The normalized spacial score (nSPS) is 20.0. The van der Waals surface area contributed by atoms with Crippen molar-refractivity contribution < 1.29 is 4.79 Å². The molecule has 0 aromatic carbocycles. The summed E-state index contributed by atoms with van der Waals surface area (Å²) in [6, 6.07) is 4.43. The third-order valence-corrected chi connectivity index (χ3v) is 7.02. The number of rotatable bonds is 5. The molecule has 1 aliphatic heterocycles. The summed E-state index contributed by atoms with van der Waals surface area (Å²) in [7, 11) is 0. The fraction of sp³-hybridized carbons (Fsp3) is 0.600. The highest BCUT2D eigenvalue weighted by atomic mass is 32.1. The van der Waals surface area contributed by atoms with Crippen molar-refractivity contribution in [2.45, 2.75) is 58.0 Å². The van der Waals surface area contributed by atoms with Gasteiger partial charge in [0, 0.05) is 25.0 Å². The minimum absolute atomic E-state index is 0.0543. The molecule has 4 rings (SSSR count). The Kier molecular flexibility index (Phi) is 5.23. The highest BCUT2D eigenvalue weighted by Gasteiger charge is 2.46. The third-order valence-electron chi connectivity index (χ3n) is 5.99. The van der Waals surface area contributed by atoms with Crippen molar-refractivity contribution in [1.82, 2.24) is 24.8 Å². The summed E-state index contributed by atoms with van der Waals surface area (Å²) in [5.74, 6) is 0.226. The Labute approximate surface area is 164 Å². The molecule has 27 heavy (non-hydrogen) atoms. The Morgan fingerprint density at radius 2 is 2.15 bits per heavy atom. The van der Waals surface area contributed by atoms with Crippen LogP contribution in [0.2, 0.25) is 0 Å². The third kappa shape index (κ3) is 4.04. The molecule has 0 unspecified atom stereocenters. The Balaban J connectivity index is 1.25. The van der Waals surface area contributed by atoms with Gasteiger partial charge in [-0.05, 0) is 73.3 Å². The zero-order chi connectivity index (χ0) is 18.9. The van der Waals surface area contributed by atoms with Gasteiger partial charge in [0.2, 0.25) is 0 Å². The number of hydrogen-bond donors (Lipinski definition) is 1. The van der Waals surface area contributed by atoms with Crippen LogP contribution in [0.1, 0.15) is 66.4 Å². The van der Waals surface area contributed by atoms with Gasteiger partial charge in [0.25, 0.3) is 5.91 Å². The van der Waals surface area contributed by atoms with Gasteiger partial charge in [0.1, 0.15) is 0 Å². The number of pyridine rings is 1. The van der Waals surface area contributed by atoms with E-state index < -0.39 is 0 Å². The van der Waals surface area contributed by atoms with Crippen LogP contribution in [-0.2, 0) is 6.54 Å². The van der Waals surface area contributed by atoms with Gasteiger partial charge in [-0.1, -0.05) is 24.4 Å². The molecular weight excluding hydrogens is 358 g/mol. The van der Waals surface area contributed by atoms with Crippen molar-refractivity contribution in [2.24, 2.45) is 5.41 Å². The van der Waals surface area contributed by atoms with Gasteiger partial charge in [0.05, 0.1) is 4.88 Å². The summed E-state index contributed by atoms with van der Waals surface area (Å²) >= 11 is 1.33. The number of piperidine rings is 1. The SMILES string of the molecule is CC(C)c1snnc1C(=O)NC1CC2(CCN(Cc3cccnc3)CC2)C1. The van der Waals surface area contributed by atoms with Gasteiger partial charge in [-0.25, -0.2) is 0 Å². The van der Waals surface area contributed by atoms with Crippen molar-refractivity contribution in [3.05, 3.63) is 40.7 Å². The first-order valence-corrected chi connectivity index (χ1v) is 10.6. The van der Waals surface area contributed by atoms with E-state index in [1.807, 2.05) is 18.5 Å². The second-order valence-electron chi connectivity index (χ2n) is 8.36. The van der Waals surface area contributed by atoms with Crippen LogP contribution >= 0.6 is 11.5 Å². The maximum atomic E-state index is 12.5. The predicted molar refractivity (Wildman–Crippen MR) is 106 cm³/mol. The highest BCUT2D eigenvalue weighted by Crippen LogP contribution is 2.49. The largest absolute Gasteiger partial charge is 0.348 e. The molecule has 144 valence electrons. The highest BCUT2D eigenvalue weighted by molar-refractivity contribution is 7.05. The van der Waals surface area contributed by atoms with E-state index in [2.05, 4.69) is 44.7 Å². The van der Waals surface area contributed by atoms with Crippen LogP contribution in [0.3, 0.4) is 0 Å². The number of nitrogens with zero attached hydrogens (tertiary/aromatic N) is 4. The molecule has 2 aliphatic rings. The Hall–Kier alpha value is -1.86. The zero-order valence-corrected chi connectivity index (χ0v) is 16.8. The molecule has 1 saturated carbocycles. The van der Waals surface area contributed by atoms with E-state index in [0.717, 1.165) is 37.4 Å². The molecule has 1 amide bonds. The van der Waals surface area contributed by atoms with Crippen LogP contribution in [0.5, 0.6) is 0 Å². The summed E-state index contributed by atoms with van der Waals surface area (Å²) in [6.45, 7) is 7.39. The number of aromatic nitrogens is 3. The minimum atomic E-state index is -0.0543. The second kappa shape index (κ2) is 7.64. The molecule has 1 aliphatic carbocycles. The van der Waals surface area contributed by atoms with Gasteiger partial charge in [-0.2, -0.15) is 0 Å². The van der Waals surface area contributed by atoms with Crippen LogP contribution in [0.25, 0.3) is 0 Å². The fourth-order valence-corrected chi connectivity index (χ4v) is 5.06. The number of likely N-dealkylation sites (tertiary alicyclic amines) is 1. The average Bonchev–Trinajstić information content (AvgIpc) is 3.13. The standard InChI is InChI=1S/C20H27N5OS/c1-14(2)18-17(23-24-27-18)19(26)22-16-10-20(11-16)5-8-25(9-6-20)13-15-4-3-7-21-12-15/h3-4,7,12,14,16H,5-6,8-11,13H2,1-2H3,(H,22,26). The molecule has 2 fully saturated rings. The first-order chi connectivity index (χ1) is 13.0. The number of carbonyl (C=O) groups is 1. The smallest absolute Gasteiger partial charge is 0.273 e. The number of hydrogen-bond acceptors (Lipinski definition) is 6. The Morgan fingerprint density at radius 1 is 1.37 bits per heavy atom. The van der Waals surface area contributed by atoms with Crippen molar-refractivity contribution in [1.29, 1.82) is 0 Å². The first kappa shape index (κ1) is 18.5. The summed E-state index contributed by atoms with van der Waals surface area (Å²) < 4.78 is 3.96. The van der Waals surface area contributed by atoms with Crippen molar-refractivity contribution in [3.8, 4) is 0 Å². The first-order valence-electron chi connectivity index (χ1n) is 9.79.